The predicted octanol–water partition coefficient (Wildman–Crippen LogP) is 3.00. The molecule has 1 rings (SSSR count). The van der Waals surface area contributed by atoms with E-state index in [0.29, 0.717) is 16.8 Å². The third-order valence-electron chi connectivity index (χ3n) is 2.43. The summed E-state index contributed by atoms with van der Waals surface area (Å²) in [6.07, 6.45) is -0.285. The third kappa shape index (κ3) is 3.54. The smallest absolute Gasteiger partial charge is 0.130 e. The van der Waals surface area contributed by atoms with E-state index in [1.165, 1.54) is 6.07 Å². The zero-order valence-corrected chi connectivity index (χ0v) is 11.0. The van der Waals surface area contributed by atoms with Gasteiger partial charge in [0.1, 0.15) is 5.82 Å². The summed E-state index contributed by atoms with van der Waals surface area (Å²) in [5, 5.41) is 9.93. The number of nitrogens with two attached hydrogens (primary N) is 1. The van der Waals surface area contributed by atoms with Crippen molar-refractivity contribution in [2.24, 2.45) is 11.7 Å². The van der Waals surface area contributed by atoms with Gasteiger partial charge in [0.05, 0.1) is 6.10 Å². The molecule has 0 aliphatic heterocycles. The van der Waals surface area contributed by atoms with Gasteiger partial charge < -0.3 is 10.8 Å². The van der Waals surface area contributed by atoms with Crippen molar-refractivity contribution >= 4 is 15.9 Å². The topological polar surface area (TPSA) is 46.2 Å². The average molecular weight is 290 g/mol. The Morgan fingerprint density at radius 1 is 1.44 bits per heavy atom. The van der Waals surface area contributed by atoms with Crippen molar-refractivity contribution in [2.45, 2.75) is 32.4 Å². The van der Waals surface area contributed by atoms with Gasteiger partial charge in [-0.25, -0.2) is 4.39 Å². The fraction of sp³-hybridized carbons (Fsp3) is 0.500. The van der Waals surface area contributed by atoms with Gasteiger partial charge in [0.2, 0.25) is 0 Å². The van der Waals surface area contributed by atoms with Gasteiger partial charge in [0, 0.05) is 16.1 Å². The molecule has 2 nitrogen and oxygen atoms in total. The molecule has 0 saturated carbocycles. The van der Waals surface area contributed by atoms with E-state index in [2.05, 4.69) is 15.9 Å². The van der Waals surface area contributed by atoms with Gasteiger partial charge >= 0.3 is 0 Å². The molecule has 2 atom stereocenters. The Balaban J connectivity index is 2.83. The van der Waals surface area contributed by atoms with E-state index >= 15 is 0 Å². The Labute approximate surface area is 104 Å². The summed E-state index contributed by atoms with van der Waals surface area (Å²) < 4.78 is 14.2. The lowest BCUT2D eigenvalue weighted by molar-refractivity contribution is 0.132. The van der Waals surface area contributed by atoms with Crippen LogP contribution in [0.1, 0.15) is 31.9 Å². The molecule has 4 heteroatoms. The lowest BCUT2D eigenvalue weighted by atomic mass is 9.95. The van der Waals surface area contributed by atoms with Crippen LogP contribution in [-0.2, 0) is 0 Å². The Kier molecular flexibility index (Phi) is 4.89. The molecule has 0 radical (unpaired) electrons. The highest BCUT2D eigenvalue weighted by atomic mass is 79.9. The minimum atomic E-state index is -0.949. The third-order valence-corrected chi connectivity index (χ3v) is 2.92. The number of benzene rings is 1. The minimum Gasteiger partial charge on any atom is -0.387 e. The van der Waals surface area contributed by atoms with E-state index in [0.717, 1.165) is 0 Å². The quantitative estimate of drug-likeness (QED) is 0.895. The lowest BCUT2D eigenvalue weighted by Gasteiger charge is -2.21. The zero-order valence-electron chi connectivity index (χ0n) is 9.45. The van der Waals surface area contributed by atoms with E-state index in [1.807, 2.05) is 13.8 Å². The van der Waals surface area contributed by atoms with Crippen LogP contribution < -0.4 is 5.73 Å². The second-order valence-electron chi connectivity index (χ2n) is 4.40. The largest absolute Gasteiger partial charge is 0.387 e. The first-order valence-corrected chi connectivity index (χ1v) is 6.09. The van der Waals surface area contributed by atoms with Gasteiger partial charge in [0.15, 0.2) is 0 Å². The molecule has 16 heavy (non-hydrogen) atoms. The monoisotopic (exact) mass is 289 g/mol. The number of aliphatic hydroxyl groups excluding tert-OH is 1. The number of rotatable bonds is 4. The summed E-state index contributed by atoms with van der Waals surface area (Å²) in [7, 11) is 0. The van der Waals surface area contributed by atoms with Crippen LogP contribution in [0, 0.1) is 11.7 Å². The highest BCUT2D eigenvalue weighted by molar-refractivity contribution is 9.10. The standard InChI is InChI=1S/C12H17BrFNO/c1-7(2)5-11(15)12(16)9-4-3-8(13)6-10(9)14/h3-4,6-7,11-12,16H,5,15H2,1-2H3. The molecule has 90 valence electrons. The maximum Gasteiger partial charge on any atom is 0.130 e. The maximum absolute atomic E-state index is 13.6. The van der Waals surface area contributed by atoms with Gasteiger partial charge in [-0.05, 0) is 24.5 Å². The van der Waals surface area contributed by atoms with Crippen LogP contribution in [-0.4, -0.2) is 11.1 Å². The van der Waals surface area contributed by atoms with Crippen molar-refractivity contribution in [1.29, 1.82) is 0 Å². The molecular weight excluding hydrogens is 273 g/mol. The van der Waals surface area contributed by atoms with Crippen molar-refractivity contribution in [2.75, 3.05) is 0 Å². The van der Waals surface area contributed by atoms with E-state index < -0.39 is 18.0 Å². The molecule has 0 bridgehead atoms. The Morgan fingerprint density at radius 3 is 2.56 bits per heavy atom. The van der Waals surface area contributed by atoms with Crippen LogP contribution in [0.25, 0.3) is 0 Å². The Morgan fingerprint density at radius 2 is 2.06 bits per heavy atom. The lowest BCUT2D eigenvalue weighted by Crippen LogP contribution is -2.30. The Bertz CT molecular complexity index is 357. The molecule has 0 aliphatic rings. The Hall–Kier alpha value is -0.450. The number of hydrogen-bond acceptors (Lipinski definition) is 2. The summed E-state index contributed by atoms with van der Waals surface area (Å²) >= 11 is 3.17. The first-order chi connectivity index (χ1) is 7.41. The highest BCUT2D eigenvalue weighted by Crippen LogP contribution is 2.24. The van der Waals surface area contributed by atoms with E-state index in [9.17, 15) is 9.50 Å². The maximum atomic E-state index is 13.6. The molecule has 0 aromatic heterocycles. The van der Waals surface area contributed by atoms with Gasteiger partial charge in [0.25, 0.3) is 0 Å². The van der Waals surface area contributed by atoms with Gasteiger partial charge in [-0.3, -0.25) is 0 Å². The van der Waals surface area contributed by atoms with E-state index in [4.69, 9.17) is 5.73 Å². The zero-order chi connectivity index (χ0) is 12.3. The van der Waals surface area contributed by atoms with E-state index in [1.54, 1.807) is 12.1 Å². The fourth-order valence-electron chi connectivity index (χ4n) is 1.65. The van der Waals surface area contributed by atoms with Gasteiger partial charge in [-0.1, -0.05) is 35.8 Å². The fourth-order valence-corrected chi connectivity index (χ4v) is 1.98. The SMILES string of the molecule is CC(C)CC(N)C(O)c1ccc(Br)cc1F. The molecule has 0 amide bonds. The minimum absolute atomic E-state index is 0.261. The first kappa shape index (κ1) is 13.6. The predicted molar refractivity (Wildman–Crippen MR) is 66.5 cm³/mol. The van der Waals surface area contributed by atoms with Crippen LogP contribution >= 0.6 is 15.9 Å². The summed E-state index contributed by atoms with van der Waals surface area (Å²) in [4.78, 5) is 0. The van der Waals surface area contributed by atoms with Crippen molar-refractivity contribution in [1.82, 2.24) is 0 Å². The summed E-state index contributed by atoms with van der Waals surface area (Å²) in [6.45, 7) is 4.04. The van der Waals surface area contributed by atoms with Crippen molar-refractivity contribution in [3.8, 4) is 0 Å². The summed E-state index contributed by atoms with van der Waals surface area (Å²) in [5.41, 5.74) is 6.09. The first-order valence-electron chi connectivity index (χ1n) is 5.30. The summed E-state index contributed by atoms with van der Waals surface area (Å²) in [6, 6.07) is 4.16. The van der Waals surface area contributed by atoms with Gasteiger partial charge in [-0.2, -0.15) is 0 Å². The van der Waals surface area contributed by atoms with Crippen LogP contribution in [0.3, 0.4) is 0 Å². The normalized spacial score (nSPS) is 15.2. The molecule has 3 N–H and O–H groups in total. The highest BCUT2D eigenvalue weighted by Gasteiger charge is 2.21. The molecule has 0 fully saturated rings. The molecule has 0 heterocycles. The van der Waals surface area contributed by atoms with Crippen molar-refractivity contribution in [3.63, 3.8) is 0 Å². The summed E-state index contributed by atoms with van der Waals surface area (Å²) in [5.74, 6) is -0.0516. The molecule has 1 aromatic rings. The van der Waals surface area contributed by atoms with Crippen molar-refractivity contribution < 1.29 is 9.50 Å². The van der Waals surface area contributed by atoms with Crippen LogP contribution in [0.4, 0.5) is 4.39 Å². The van der Waals surface area contributed by atoms with Crippen LogP contribution in [0.15, 0.2) is 22.7 Å². The van der Waals surface area contributed by atoms with Crippen molar-refractivity contribution in [3.05, 3.63) is 34.1 Å². The molecule has 0 saturated heterocycles. The molecule has 2 unspecified atom stereocenters. The van der Waals surface area contributed by atoms with Crippen LogP contribution in [0.2, 0.25) is 0 Å². The van der Waals surface area contributed by atoms with E-state index in [-0.39, 0.29) is 5.56 Å². The second-order valence-corrected chi connectivity index (χ2v) is 5.32. The number of halogens is 2. The average Bonchev–Trinajstić information content (AvgIpc) is 2.15. The van der Waals surface area contributed by atoms with Gasteiger partial charge in [-0.15, -0.1) is 0 Å². The number of hydrogen-bond donors (Lipinski definition) is 2. The molecular formula is C12H17BrFNO. The van der Waals surface area contributed by atoms with Crippen LogP contribution in [0.5, 0.6) is 0 Å². The second kappa shape index (κ2) is 5.75. The molecule has 0 aliphatic carbocycles. The molecule has 0 spiro atoms. The molecule has 1 aromatic carbocycles. The number of aliphatic hydroxyl groups is 1.